The lowest BCUT2D eigenvalue weighted by molar-refractivity contribution is -0.117. The standard InChI is InChI=1S/C10H14N2O/c1-9(13)7-12(2)8-10-3-5-11-6-4-10/h3-6H,7-8H2,1-2H3. The SMILES string of the molecule is CC(=O)CN(C)Cc1ccncc1. The highest BCUT2D eigenvalue weighted by Crippen LogP contribution is 2.00. The largest absolute Gasteiger partial charge is 0.299 e. The third-order valence-electron chi connectivity index (χ3n) is 1.69. The van der Waals surface area contributed by atoms with Crippen molar-refractivity contribution in [2.45, 2.75) is 13.5 Å². The number of rotatable bonds is 4. The van der Waals surface area contributed by atoms with E-state index in [1.165, 1.54) is 5.56 Å². The molecule has 0 saturated carbocycles. The van der Waals surface area contributed by atoms with Crippen LogP contribution in [0.1, 0.15) is 12.5 Å². The molecule has 3 nitrogen and oxygen atoms in total. The van der Waals surface area contributed by atoms with Gasteiger partial charge >= 0.3 is 0 Å². The number of hydrogen-bond acceptors (Lipinski definition) is 3. The van der Waals surface area contributed by atoms with Crippen LogP contribution in [0, 0.1) is 0 Å². The Labute approximate surface area is 78.4 Å². The summed E-state index contributed by atoms with van der Waals surface area (Å²) in [7, 11) is 1.93. The molecule has 0 aliphatic heterocycles. The van der Waals surface area contributed by atoms with Crippen molar-refractivity contribution >= 4 is 5.78 Å². The quantitative estimate of drug-likeness (QED) is 0.692. The monoisotopic (exact) mass is 178 g/mol. The number of likely N-dealkylation sites (N-methyl/N-ethyl adjacent to an activating group) is 1. The van der Waals surface area contributed by atoms with Gasteiger partial charge in [0.25, 0.3) is 0 Å². The van der Waals surface area contributed by atoms with Crippen LogP contribution in [0.25, 0.3) is 0 Å². The minimum atomic E-state index is 0.191. The summed E-state index contributed by atoms with van der Waals surface area (Å²) in [5, 5.41) is 0. The summed E-state index contributed by atoms with van der Waals surface area (Å²) in [4.78, 5) is 16.7. The predicted molar refractivity (Wildman–Crippen MR) is 51.3 cm³/mol. The van der Waals surface area contributed by atoms with Crippen LogP contribution in [0.4, 0.5) is 0 Å². The van der Waals surface area contributed by atoms with Gasteiger partial charge in [-0.25, -0.2) is 0 Å². The first-order chi connectivity index (χ1) is 6.18. The zero-order valence-electron chi connectivity index (χ0n) is 8.03. The molecule has 3 heteroatoms. The Morgan fingerprint density at radius 3 is 2.62 bits per heavy atom. The molecule has 0 aliphatic rings. The summed E-state index contributed by atoms with van der Waals surface area (Å²) in [6, 6.07) is 3.91. The number of ketones is 1. The normalized spacial score (nSPS) is 10.4. The van der Waals surface area contributed by atoms with E-state index in [0.717, 1.165) is 6.54 Å². The molecule has 0 bridgehead atoms. The Morgan fingerprint density at radius 1 is 1.46 bits per heavy atom. The van der Waals surface area contributed by atoms with E-state index in [1.807, 2.05) is 24.1 Å². The minimum Gasteiger partial charge on any atom is -0.299 e. The molecule has 0 N–H and O–H groups in total. The fraction of sp³-hybridized carbons (Fsp3) is 0.400. The van der Waals surface area contributed by atoms with Crippen molar-refractivity contribution < 1.29 is 4.79 Å². The highest BCUT2D eigenvalue weighted by molar-refractivity contribution is 5.77. The van der Waals surface area contributed by atoms with Crippen LogP contribution >= 0.6 is 0 Å². The topological polar surface area (TPSA) is 33.2 Å². The van der Waals surface area contributed by atoms with Gasteiger partial charge in [0.05, 0.1) is 6.54 Å². The van der Waals surface area contributed by atoms with E-state index in [2.05, 4.69) is 4.98 Å². The van der Waals surface area contributed by atoms with Gasteiger partial charge in [-0.05, 0) is 31.7 Å². The summed E-state index contributed by atoms with van der Waals surface area (Å²) in [6.07, 6.45) is 3.52. The Kier molecular flexibility index (Phi) is 3.58. The van der Waals surface area contributed by atoms with E-state index in [-0.39, 0.29) is 5.78 Å². The second-order valence-corrected chi connectivity index (χ2v) is 3.23. The van der Waals surface area contributed by atoms with Gasteiger partial charge in [-0.15, -0.1) is 0 Å². The average Bonchev–Trinajstić information content (AvgIpc) is 2.04. The average molecular weight is 178 g/mol. The van der Waals surface area contributed by atoms with Gasteiger partial charge in [-0.2, -0.15) is 0 Å². The van der Waals surface area contributed by atoms with Crippen molar-refractivity contribution in [3.63, 3.8) is 0 Å². The van der Waals surface area contributed by atoms with Crippen LogP contribution in [0.3, 0.4) is 0 Å². The van der Waals surface area contributed by atoms with Crippen molar-refractivity contribution in [2.75, 3.05) is 13.6 Å². The predicted octanol–water partition coefficient (Wildman–Crippen LogP) is 1.10. The number of hydrogen-bond donors (Lipinski definition) is 0. The van der Waals surface area contributed by atoms with Crippen LogP contribution in [0.2, 0.25) is 0 Å². The van der Waals surface area contributed by atoms with Crippen LogP contribution in [-0.4, -0.2) is 29.3 Å². The van der Waals surface area contributed by atoms with Crippen LogP contribution in [0.5, 0.6) is 0 Å². The maximum Gasteiger partial charge on any atom is 0.143 e. The third kappa shape index (κ3) is 3.80. The van der Waals surface area contributed by atoms with Gasteiger partial charge in [0.1, 0.15) is 5.78 Å². The van der Waals surface area contributed by atoms with E-state index in [9.17, 15) is 4.79 Å². The summed E-state index contributed by atoms with van der Waals surface area (Å²) >= 11 is 0. The molecule has 0 radical (unpaired) electrons. The molecule has 0 fully saturated rings. The van der Waals surface area contributed by atoms with E-state index in [1.54, 1.807) is 19.3 Å². The highest BCUT2D eigenvalue weighted by atomic mass is 16.1. The number of nitrogens with zero attached hydrogens (tertiary/aromatic N) is 2. The first-order valence-corrected chi connectivity index (χ1v) is 4.25. The van der Waals surface area contributed by atoms with E-state index < -0.39 is 0 Å². The molecule has 13 heavy (non-hydrogen) atoms. The van der Waals surface area contributed by atoms with E-state index in [4.69, 9.17) is 0 Å². The molecule has 0 aliphatic carbocycles. The molecule has 0 saturated heterocycles. The Bertz CT molecular complexity index is 272. The second kappa shape index (κ2) is 4.72. The smallest absolute Gasteiger partial charge is 0.143 e. The molecular weight excluding hydrogens is 164 g/mol. The zero-order valence-corrected chi connectivity index (χ0v) is 8.03. The molecule has 1 aromatic rings. The summed E-state index contributed by atoms with van der Waals surface area (Å²) in [5.41, 5.74) is 1.18. The molecule has 70 valence electrons. The fourth-order valence-electron chi connectivity index (χ4n) is 1.24. The number of carbonyl (C=O) groups excluding carboxylic acids is 1. The molecule has 0 amide bonds. The van der Waals surface area contributed by atoms with Crippen LogP contribution in [-0.2, 0) is 11.3 Å². The van der Waals surface area contributed by atoms with Gasteiger partial charge in [0.2, 0.25) is 0 Å². The van der Waals surface area contributed by atoms with Gasteiger partial charge in [0, 0.05) is 18.9 Å². The second-order valence-electron chi connectivity index (χ2n) is 3.23. The van der Waals surface area contributed by atoms with Crippen LogP contribution < -0.4 is 0 Å². The maximum absolute atomic E-state index is 10.8. The maximum atomic E-state index is 10.8. The van der Waals surface area contributed by atoms with Gasteiger partial charge in [-0.3, -0.25) is 14.7 Å². The summed E-state index contributed by atoms with van der Waals surface area (Å²) in [6.45, 7) is 2.90. The van der Waals surface area contributed by atoms with Crippen molar-refractivity contribution in [3.8, 4) is 0 Å². The number of pyridine rings is 1. The first-order valence-electron chi connectivity index (χ1n) is 4.25. The van der Waals surface area contributed by atoms with E-state index >= 15 is 0 Å². The van der Waals surface area contributed by atoms with Crippen molar-refractivity contribution in [1.29, 1.82) is 0 Å². The Hall–Kier alpha value is -1.22. The Morgan fingerprint density at radius 2 is 2.08 bits per heavy atom. The molecule has 0 spiro atoms. The van der Waals surface area contributed by atoms with Gasteiger partial charge < -0.3 is 0 Å². The molecule has 0 atom stereocenters. The summed E-state index contributed by atoms with van der Waals surface area (Å²) in [5.74, 6) is 0.191. The molecule has 1 heterocycles. The molecule has 1 aromatic heterocycles. The number of carbonyl (C=O) groups is 1. The third-order valence-corrected chi connectivity index (χ3v) is 1.69. The van der Waals surface area contributed by atoms with Gasteiger partial charge in [0.15, 0.2) is 0 Å². The lowest BCUT2D eigenvalue weighted by Crippen LogP contribution is -2.23. The summed E-state index contributed by atoms with van der Waals surface area (Å²) < 4.78 is 0. The minimum absolute atomic E-state index is 0.191. The van der Waals surface area contributed by atoms with E-state index in [0.29, 0.717) is 6.54 Å². The van der Waals surface area contributed by atoms with Crippen molar-refractivity contribution in [3.05, 3.63) is 30.1 Å². The molecule has 1 rings (SSSR count). The van der Waals surface area contributed by atoms with Crippen LogP contribution in [0.15, 0.2) is 24.5 Å². The lowest BCUT2D eigenvalue weighted by Gasteiger charge is -2.13. The molecule has 0 aromatic carbocycles. The number of Topliss-reactive ketones (excluding diaryl/α,β-unsaturated/α-hetero) is 1. The van der Waals surface area contributed by atoms with Gasteiger partial charge in [-0.1, -0.05) is 0 Å². The molecular formula is C10H14N2O. The molecule has 0 unspecified atom stereocenters. The first kappa shape index (κ1) is 9.86. The number of aromatic nitrogens is 1. The lowest BCUT2D eigenvalue weighted by atomic mass is 10.2. The van der Waals surface area contributed by atoms with Crippen molar-refractivity contribution in [2.24, 2.45) is 0 Å². The van der Waals surface area contributed by atoms with Crippen molar-refractivity contribution in [1.82, 2.24) is 9.88 Å². The highest BCUT2D eigenvalue weighted by Gasteiger charge is 2.01. The zero-order chi connectivity index (χ0) is 9.68. The fourth-order valence-corrected chi connectivity index (χ4v) is 1.24. The Balaban J connectivity index is 2.45.